The molecule has 0 saturated heterocycles. The predicted octanol–water partition coefficient (Wildman–Crippen LogP) is 11.7. The molecule has 320 valence electrons. The molecule has 0 radical (unpaired) electrons. The van der Waals surface area contributed by atoms with E-state index in [1.807, 2.05) is 0 Å². The van der Waals surface area contributed by atoms with Gasteiger partial charge in [0.25, 0.3) is 13.4 Å². The van der Waals surface area contributed by atoms with Crippen molar-refractivity contribution in [3.63, 3.8) is 0 Å². The number of para-hydroxylation sites is 4. The topological polar surface area (TPSA) is 20.6 Å². The molecule has 0 saturated carbocycles. The number of anilines is 6. The molecule has 0 aliphatic carbocycles. The van der Waals surface area contributed by atoms with Gasteiger partial charge in [0.15, 0.2) is 0 Å². The van der Waals surface area contributed by atoms with Crippen LogP contribution in [0.25, 0.3) is 27.5 Å². The summed E-state index contributed by atoms with van der Waals surface area (Å²) in [6.45, 7) is 21.0. The largest absolute Gasteiger partial charge is 0.458 e. The number of hydrogen-bond acceptors (Lipinski definition) is 3. The Kier molecular flexibility index (Phi) is 7.98. The fourth-order valence-corrected chi connectivity index (χ4v) is 11.8. The highest BCUT2D eigenvalue weighted by molar-refractivity contribution is 7.03. The minimum atomic E-state index is -0.115. The average Bonchev–Trinajstić information content (AvgIpc) is 3.65. The third kappa shape index (κ3) is 5.42. The zero-order chi connectivity index (χ0) is 45.2. The summed E-state index contributed by atoms with van der Waals surface area (Å²) in [5.41, 5.74) is 22.4. The van der Waals surface area contributed by atoms with E-state index in [2.05, 4.69) is 234 Å². The number of ether oxygens (including phenoxy) is 1. The Balaban J connectivity index is 1.26. The molecule has 4 nitrogen and oxygen atoms in total. The molecule has 4 aliphatic rings. The molecule has 13 rings (SSSR count). The van der Waals surface area contributed by atoms with Gasteiger partial charge in [-0.2, -0.15) is 0 Å². The summed E-state index contributed by atoms with van der Waals surface area (Å²) in [6.07, 6.45) is 0. The SMILES string of the molecule is CC(C)(C)c1cc2c3c(c1)N(c1ccccc1)c1c(cc4c5c1c1cc(C(C)(C)C)ccc1n5-c1cc(C(C)(C)C)cc5c1B4c1ccccc1N5c1ccccc1)B3c1ccccc1O2. The van der Waals surface area contributed by atoms with Crippen molar-refractivity contribution in [2.24, 2.45) is 0 Å². The molecule has 1 aromatic heterocycles. The zero-order valence-corrected chi connectivity index (χ0v) is 39.4. The van der Waals surface area contributed by atoms with Crippen molar-refractivity contribution in [2.45, 2.75) is 78.6 Å². The van der Waals surface area contributed by atoms with Crippen LogP contribution < -0.4 is 47.3 Å². The Morgan fingerprint density at radius 1 is 0.409 bits per heavy atom. The molecule has 66 heavy (non-hydrogen) atoms. The van der Waals surface area contributed by atoms with Crippen LogP contribution >= 0.6 is 0 Å². The number of nitrogens with zero attached hydrogens (tertiary/aromatic N) is 3. The molecule has 8 aromatic carbocycles. The van der Waals surface area contributed by atoms with Gasteiger partial charge in [0.2, 0.25) is 0 Å². The molecular formula is C60H53B2N3O. The fraction of sp³-hybridized carbons (Fsp3) is 0.200. The van der Waals surface area contributed by atoms with E-state index in [-0.39, 0.29) is 29.7 Å². The highest BCUT2D eigenvalue weighted by Crippen LogP contribution is 2.50. The van der Waals surface area contributed by atoms with Crippen molar-refractivity contribution in [2.75, 3.05) is 9.80 Å². The molecule has 0 N–H and O–H groups in total. The number of hydrogen-bond donors (Lipinski definition) is 0. The molecule has 5 heterocycles. The highest BCUT2D eigenvalue weighted by Gasteiger charge is 2.48. The van der Waals surface area contributed by atoms with E-state index in [1.165, 1.54) is 105 Å². The Morgan fingerprint density at radius 3 is 1.65 bits per heavy atom. The molecule has 9 aromatic rings. The van der Waals surface area contributed by atoms with Gasteiger partial charge < -0.3 is 19.1 Å². The van der Waals surface area contributed by atoms with Crippen LogP contribution in [-0.4, -0.2) is 18.0 Å². The lowest BCUT2D eigenvalue weighted by atomic mass is 9.30. The van der Waals surface area contributed by atoms with Gasteiger partial charge in [-0.1, -0.05) is 147 Å². The molecular weight excluding hydrogens is 800 g/mol. The first-order chi connectivity index (χ1) is 31.7. The lowest BCUT2D eigenvalue weighted by Gasteiger charge is -2.44. The number of fused-ring (bicyclic) bond motifs is 12. The average molecular weight is 854 g/mol. The Morgan fingerprint density at radius 2 is 0.970 bits per heavy atom. The van der Waals surface area contributed by atoms with Crippen LogP contribution in [0.4, 0.5) is 34.1 Å². The van der Waals surface area contributed by atoms with Gasteiger partial charge >= 0.3 is 0 Å². The van der Waals surface area contributed by atoms with Gasteiger partial charge in [-0.05, 0) is 139 Å². The maximum absolute atomic E-state index is 7.06. The standard InChI is InChI=1S/C60H53B2N3O/c1-58(2,3)36-28-29-46-41(30-36)53-56-44(62-43-25-17-19-27-51(43)66-52-34-38(60(7,8)9)33-50(55(52)62)64(56)40-22-14-11-15-23-40)35-45-57(53)65(46)49-32-37(59(4,5)6)31-48-54(49)61(45)42-24-16-18-26-47(42)63(48)39-20-12-10-13-21-39/h10-35H,1-9H3. The monoisotopic (exact) mass is 853 g/mol. The summed E-state index contributed by atoms with van der Waals surface area (Å²) in [7, 11) is 0. The van der Waals surface area contributed by atoms with Crippen molar-refractivity contribution >= 4 is 102 Å². The molecule has 0 bridgehead atoms. The summed E-state index contributed by atoms with van der Waals surface area (Å²) in [5.74, 6) is 1.88. The Hall–Kier alpha value is -6.91. The van der Waals surface area contributed by atoms with E-state index in [0.29, 0.717) is 0 Å². The first-order valence-corrected chi connectivity index (χ1v) is 23.8. The van der Waals surface area contributed by atoms with Gasteiger partial charge in [0, 0.05) is 44.9 Å². The molecule has 0 fully saturated rings. The summed E-state index contributed by atoms with van der Waals surface area (Å²) in [4.78, 5) is 5.13. The second-order valence-electron chi connectivity index (χ2n) is 22.2. The van der Waals surface area contributed by atoms with Crippen LogP contribution in [0.15, 0.2) is 158 Å². The zero-order valence-electron chi connectivity index (χ0n) is 39.4. The first-order valence-electron chi connectivity index (χ1n) is 23.8. The molecule has 0 unspecified atom stereocenters. The summed E-state index contributed by atoms with van der Waals surface area (Å²) in [5, 5.41) is 2.59. The predicted molar refractivity (Wildman–Crippen MR) is 282 cm³/mol. The number of benzene rings is 8. The minimum Gasteiger partial charge on any atom is -0.458 e. The van der Waals surface area contributed by atoms with Gasteiger partial charge in [0.05, 0.1) is 16.7 Å². The molecule has 0 spiro atoms. The third-order valence-corrected chi connectivity index (χ3v) is 15.0. The van der Waals surface area contributed by atoms with Crippen molar-refractivity contribution in [3.05, 3.63) is 174 Å². The molecule has 0 amide bonds. The van der Waals surface area contributed by atoms with Gasteiger partial charge in [-0.15, -0.1) is 0 Å². The molecule has 4 aliphatic heterocycles. The van der Waals surface area contributed by atoms with Crippen LogP contribution in [-0.2, 0) is 16.2 Å². The van der Waals surface area contributed by atoms with Crippen LogP contribution in [0.5, 0.6) is 11.5 Å². The number of aromatic nitrogens is 1. The van der Waals surface area contributed by atoms with E-state index in [0.717, 1.165) is 17.2 Å². The van der Waals surface area contributed by atoms with Gasteiger partial charge in [-0.25, -0.2) is 0 Å². The van der Waals surface area contributed by atoms with Crippen LogP contribution in [0.1, 0.15) is 79.0 Å². The summed E-state index contributed by atoms with van der Waals surface area (Å²) < 4.78 is 9.73. The van der Waals surface area contributed by atoms with E-state index in [9.17, 15) is 0 Å². The quantitative estimate of drug-likeness (QED) is 0.162. The van der Waals surface area contributed by atoms with E-state index >= 15 is 0 Å². The second-order valence-corrected chi connectivity index (χ2v) is 22.2. The van der Waals surface area contributed by atoms with Gasteiger partial charge in [0.1, 0.15) is 11.5 Å². The lowest BCUT2D eigenvalue weighted by molar-refractivity contribution is 0.483. The second kappa shape index (κ2) is 13.3. The minimum absolute atomic E-state index is 0.0173. The highest BCUT2D eigenvalue weighted by atomic mass is 16.5. The van der Waals surface area contributed by atoms with Crippen molar-refractivity contribution in [3.8, 4) is 17.2 Å². The van der Waals surface area contributed by atoms with Crippen molar-refractivity contribution in [1.82, 2.24) is 4.57 Å². The summed E-state index contributed by atoms with van der Waals surface area (Å²) in [6, 6.07) is 59.8. The van der Waals surface area contributed by atoms with Crippen molar-refractivity contribution in [1.29, 1.82) is 0 Å². The van der Waals surface area contributed by atoms with E-state index in [1.54, 1.807) is 0 Å². The lowest BCUT2D eigenvalue weighted by Crippen LogP contribution is -2.64. The van der Waals surface area contributed by atoms with E-state index in [4.69, 9.17) is 4.74 Å². The first kappa shape index (κ1) is 39.5. The number of rotatable bonds is 2. The molecule has 0 atom stereocenters. The van der Waals surface area contributed by atoms with Crippen LogP contribution in [0.3, 0.4) is 0 Å². The van der Waals surface area contributed by atoms with Crippen molar-refractivity contribution < 1.29 is 4.74 Å². The fourth-order valence-electron chi connectivity index (χ4n) is 11.8. The summed E-state index contributed by atoms with van der Waals surface area (Å²) >= 11 is 0. The van der Waals surface area contributed by atoms with Gasteiger partial charge in [-0.3, -0.25) is 0 Å². The molecule has 6 heteroatoms. The van der Waals surface area contributed by atoms with E-state index < -0.39 is 0 Å². The normalized spacial score (nSPS) is 14.4. The smallest absolute Gasteiger partial charge is 0.256 e. The maximum atomic E-state index is 7.06. The van der Waals surface area contributed by atoms with Crippen LogP contribution in [0, 0.1) is 0 Å². The third-order valence-electron chi connectivity index (χ3n) is 15.0. The maximum Gasteiger partial charge on any atom is 0.256 e. The Bertz CT molecular complexity index is 3530. The van der Waals surface area contributed by atoms with Crippen LogP contribution in [0.2, 0.25) is 0 Å². The Labute approximate surface area is 389 Å².